The first-order valence-electron chi connectivity index (χ1n) is 14.9. The molecule has 2 amide bonds. The zero-order valence-corrected chi connectivity index (χ0v) is 24.0. The largest absolute Gasteiger partial charge is 0.357 e. The fraction of sp³-hybridized carbons (Fsp3) is 0.485. The van der Waals surface area contributed by atoms with Gasteiger partial charge in [-0.05, 0) is 100 Å². The molecule has 0 bridgehead atoms. The topological polar surface area (TPSA) is 77.6 Å². The van der Waals surface area contributed by atoms with Gasteiger partial charge in [0.25, 0.3) is 0 Å². The molecule has 2 aliphatic heterocycles. The SMILES string of the molecule is Cc1cccc(CN2CCC(CNC(=O)CCC(=O)Nc3ccc4nc(N5CCCCC5)cc(C)c4c3)CC2)c1. The zero-order chi connectivity index (χ0) is 27.9. The van der Waals surface area contributed by atoms with Crippen LogP contribution in [0.2, 0.25) is 0 Å². The highest BCUT2D eigenvalue weighted by Crippen LogP contribution is 2.27. The van der Waals surface area contributed by atoms with E-state index < -0.39 is 0 Å². The standard InChI is InChI=1S/C33H43N5O2/c1-24-7-6-8-27(19-24)23-37-17-13-26(14-18-37)22-34-32(39)11-12-33(40)35-28-9-10-30-29(21-28)25(2)20-31(36-30)38-15-4-3-5-16-38/h6-10,19-21,26H,3-5,11-18,22-23H2,1-2H3,(H,34,39)(H,35,40). The lowest BCUT2D eigenvalue weighted by atomic mass is 9.96. The highest BCUT2D eigenvalue weighted by Gasteiger charge is 2.20. The number of benzene rings is 2. The van der Waals surface area contributed by atoms with Crippen molar-refractivity contribution in [1.82, 2.24) is 15.2 Å². The maximum atomic E-state index is 12.6. The van der Waals surface area contributed by atoms with Crippen molar-refractivity contribution in [3.63, 3.8) is 0 Å². The molecule has 5 rings (SSSR count). The van der Waals surface area contributed by atoms with Gasteiger partial charge in [0.2, 0.25) is 11.8 Å². The number of pyridine rings is 1. The highest BCUT2D eigenvalue weighted by molar-refractivity contribution is 5.96. The summed E-state index contributed by atoms with van der Waals surface area (Å²) in [5, 5.41) is 7.07. The van der Waals surface area contributed by atoms with Gasteiger partial charge >= 0.3 is 0 Å². The quantitative estimate of drug-likeness (QED) is 0.369. The van der Waals surface area contributed by atoms with Crippen LogP contribution in [0.15, 0.2) is 48.5 Å². The number of aryl methyl sites for hydroxylation is 2. The number of hydrogen-bond donors (Lipinski definition) is 2. The van der Waals surface area contributed by atoms with E-state index in [2.05, 4.69) is 64.6 Å². The lowest BCUT2D eigenvalue weighted by Crippen LogP contribution is -2.38. The lowest BCUT2D eigenvalue weighted by molar-refractivity contribution is -0.124. The fourth-order valence-corrected chi connectivity index (χ4v) is 5.95. The maximum Gasteiger partial charge on any atom is 0.224 e. The van der Waals surface area contributed by atoms with E-state index in [9.17, 15) is 9.59 Å². The Morgan fingerprint density at radius 3 is 2.45 bits per heavy atom. The third-order valence-electron chi connectivity index (χ3n) is 8.33. The summed E-state index contributed by atoms with van der Waals surface area (Å²) in [5.41, 5.74) is 5.50. The van der Waals surface area contributed by atoms with Gasteiger partial charge < -0.3 is 15.5 Å². The van der Waals surface area contributed by atoms with E-state index in [0.717, 1.165) is 73.5 Å². The minimum Gasteiger partial charge on any atom is -0.357 e. The van der Waals surface area contributed by atoms with Crippen LogP contribution in [0.5, 0.6) is 0 Å². The first-order valence-corrected chi connectivity index (χ1v) is 14.9. The molecule has 3 heterocycles. The predicted octanol–water partition coefficient (Wildman–Crippen LogP) is 5.59. The van der Waals surface area contributed by atoms with Crippen LogP contribution < -0.4 is 15.5 Å². The van der Waals surface area contributed by atoms with Crippen LogP contribution in [0.25, 0.3) is 10.9 Å². The molecule has 2 fully saturated rings. The van der Waals surface area contributed by atoms with Gasteiger partial charge in [-0.15, -0.1) is 0 Å². The van der Waals surface area contributed by atoms with E-state index in [1.165, 1.54) is 30.4 Å². The predicted molar refractivity (Wildman–Crippen MR) is 163 cm³/mol. The van der Waals surface area contributed by atoms with Crippen LogP contribution in [-0.2, 0) is 16.1 Å². The minimum absolute atomic E-state index is 0.0545. The van der Waals surface area contributed by atoms with Crippen LogP contribution in [0.3, 0.4) is 0 Å². The zero-order valence-electron chi connectivity index (χ0n) is 24.0. The third kappa shape index (κ3) is 7.60. The molecule has 7 nitrogen and oxygen atoms in total. The van der Waals surface area contributed by atoms with Crippen LogP contribution in [0.1, 0.15) is 61.6 Å². The second-order valence-electron chi connectivity index (χ2n) is 11.6. The number of aromatic nitrogens is 1. The molecule has 0 aliphatic carbocycles. The molecule has 7 heteroatoms. The van der Waals surface area contributed by atoms with Crippen LogP contribution >= 0.6 is 0 Å². The Morgan fingerprint density at radius 2 is 1.68 bits per heavy atom. The average Bonchev–Trinajstić information content (AvgIpc) is 2.96. The molecule has 0 spiro atoms. The molecule has 0 atom stereocenters. The summed E-state index contributed by atoms with van der Waals surface area (Å²) in [6.07, 6.45) is 6.27. The van der Waals surface area contributed by atoms with E-state index in [4.69, 9.17) is 4.98 Å². The van der Waals surface area contributed by atoms with Gasteiger partial charge in [-0.2, -0.15) is 0 Å². The summed E-state index contributed by atoms with van der Waals surface area (Å²) < 4.78 is 0. The van der Waals surface area contributed by atoms with Gasteiger partial charge in [-0.25, -0.2) is 4.98 Å². The number of rotatable bonds is 9. The molecule has 2 aliphatic rings. The molecular weight excluding hydrogens is 498 g/mol. The second-order valence-corrected chi connectivity index (χ2v) is 11.6. The molecule has 0 unspecified atom stereocenters. The van der Waals surface area contributed by atoms with E-state index >= 15 is 0 Å². The fourth-order valence-electron chi connectivity index (χ4n) is 5.95. The number of hydrogen-bond acceptors (Lipinski definition) is 5. The van der Waals surface area contributed by atoms with Crippen LogP contribution in [0, 0.1) is 19.8 Å². The number of fused-ring (bicyclic) bond motifs is 1. The second kappa shape index (κ2) is 13.3. The maximum absolute atomic E-state index is 12.6. The molecule has 3 aromatic rings. The normalized spacial score (nSPS) is 16.7. The van der Waals surface area contributed by atoms with Gasteiger partial charge in [-0.3, -0.25) is 14.5 Å². The highest BCUT2D eigenvalue weighted by atomic mass is 16.2. The number of anilines is 2. The van der Waals surface area contributed by atoms with E-state index in [-0.39, 0.29) is 24.7 Å². The Balaban J connectivity index is 1.03. The summed E-state index contributed by atoms with van der Waals surface area (Å²) in [7, 11) is 0. The summed E-state index contributed by atoms with van der Waals surface area (Å²) in [5.74, 6) is 1.34. The molecule has 0 radical (unpaired) electrons. The van der Waals surface area contributed by atoms with E-state index in [0.29, 0.717) is 12.5 Å². The molecular formula is C33H43N5O2. The number of amides is 2. The van der Waals surface area contributed by atoms with Crippen molar-refractivity contribution < 1.29 is 9.59 Å². The number of carbonyl (C=O) groups excluding carboxylic acids is 2. The Bertz CT molecular complexity index is 1330. The Hall–Kier alpha value is -3.45. The Kier molecular flexibility index (Phi) is 9.32. The lowest BCUT2D eigenvalue weighted by Gasteiger charge is -2.32. The smallest absolute Gasteiger partial charge is 0.224 e. The molecule has 212 valence electrons. The third-order valence-corrected chi connectivity index (χ3v) is 8.33. The van der Waals surface area contributed by atoms with Gasteiger partial charge in [0.15, 0.2) is 0 Å². The molecule has 2 saturated heterocycles. The van der Waals surface area contributed by atoms with Crippen LogP contribution in [0.4, 0.5) is 11.5 Å². The van der Waals surface area contributed by atoms with E-state index in [1.54, 1.807) is 0 Å². The average molecular weight is 542 g/mol. The monoisotopic (exact) mass is 541 g/mol. The van der Waals surface area contributed by atoms with Crippen molar-refractivity contribution in [2.75, 3.05) is 42.9 Å². The van der Waals surface area contributed by atoms with Crippen molar-refractivity contribution >= 4 is 34.2 Å². The molecule has 0 saturated carbocycles. The van der Waals surface area contributed by atoms with Gasteiger partial charge in [0, 0.05) is 50.1 Å². The van der Waals surface area contributed by atoms with Crippen molar-refractivity contribution in [2.24, 2.45) is 5.92 Å². The van der Waals surface area contributed by atoms with Gasteiger partial charge in [0.05, 0.1) is 5.52 Å². The molecule has 40 heavy (non-hydrogen) atoms. The summed E-state index contributed by atoms with van der Waals surface area (Å²) in [4.78, 5) is 34.8. The van der Waals surface area contributed by atoms with Crippen molar-refractivity contribution in [1.29, 1.82) is 0 Å². The Labute approximate surface area is 238 Å². The van der Waals surface area contributed by atoms with Crippen LogP contribution in [-0.4, -0.2) is 54.4 Å². The number of nitrogens with zero attached hydrogens (tertiary/aromatic N) is 3. The first-order chi connectivity index (χ1) is 19.4. The van der Waals surface area contributed by atoms with E-state index in [1.807, 2.05) is 18.2 Å². The van der Waals surface area contributed by atoms with Gasteiger partial charge in [0.1, 0.15) is 5.82 Å². The van der Waals surface area contributed by atoms with Crippen molar-refractivity contribution in [2.45, 2.75) is 65.3 Å². The van der Waals surface area contributed by atoms with Gasteiger partial charge in [-0.1, -0.05) is 29.8 Å². The number of nitrogens with one attached hydrogen (secondary N) is 2. The molecule has 1 aromatic heterocycles. The summed E-state index contributed by atoms with van der Waals surface area (Å²) >= 11 is 0. The minimum atomic E-state index is -0.144. The number of likely N-dealkylation sites (tertiary alicyclic amines) is 1. The van der Waals surface area contributed by atoms with Crippen molar-refractivity contribution in [3.05, 3.63) is 65.2 Å². The summed E-state index contributed by atoms with van der Waals surface area (Å²) in [6, 6.07) is 16.7. The first kappa shape index (κ1) is 28.1. The van der Waals surface area contributed by atoms with Crippen molar-refractivity contribution in [3.8, 4) is 0 Å². The molecule has 2 N–H and O–H groups in total. The summed E-state index contributed by atoms with van der Waals surface area (Å²) in [6.45, 7) is 10.1. The Morgan fingerprint density at radius 1 is 0.900 bits per heavy atom. The number of carbonyl (C=O) groups is 2. The number of piperidine rings is 2. The molecule has 2 aromatic carbocycles.